The molecular weight excluding hydrogens is 388 g/mol. The van der Waals surface area contributed by atoms with E-state index in [1.807, 2.05) is 38.1 Å². The highest BCUT2D eigenvalue weighted by molar-refractivity contribution is 6.00. The zero-order chi connectivity index (χ0) is 22.0. The third-order valence-corrected chi connectivity index (χ3v) is 6.65. The summed E-state index contributed by atoms with van der Waals surface area (Å²) in [7, 11) is 2.15. The summed E-state index contributed by atoms with van der Waals surface area (Å²) in [5.41, 5.74) is 5.48. The number of para-hydroxylation sites is 1. The number of likely N-dealkylation sites (N-methyl/N-ethyl adjacent to an activating group) is 1. The number of carbonyl (C=O) groups excluding carboxylic acids is 2. The SMILES string of the molecule is Cc1cccc(N2CC(C(=O)NCc3ccccc3N3CCN(C)CC3)CC2=O)c1C. The fraction of sp³-hybridized carbons (Fsp3) is 0.440. The summed E-state index contributed by atoms with van der Waals surface area (Å²) >= 11 is 0. The second-order valence-electron chi connectivity index (χ2n) is 8.76. The van der Waals surface area contributed by atoms with Crippen molar-refractivity contribution in [1.82, 2.24) is 10.2 Å². The van der Waals surface area contributed by atoms with E-state index in [1.165, 1.54) is 5.69 Å². The number of benzene rings is 2. The van der Waals surface area contributed by atoms with Crippen molar-refractivity contribution in [2.24, 2.45) is 5.92 Å². The Hall–Kier alpha value is -2.86. The van der Waals surface area contributed by atoms with E-state index >= 15 is 0 Å². The van der Waals surface area contributed by atoms with Crippen LogP contribution < -0.4 is 15.1 Å². The zero-order valence-corrected chi connectivity index (χ0v) is 18.7. The van der Waals surface area contributed by atoms with Gasteiger partial charge in [-0.1, -0.05) is 30.3 Å². The minimum atomic E-state index is -0.316. The number of nitrogens with one attached hydrogen (secondary N) is 1. The molecule has 4 rings (SSSR count). The molecule has 2 amide bonds. The standard InChI is InChI=1S/C25H32N4O2/c1-18-7-6-10-22(19(18)2)29-17-21(15-24(29)30)25(31)26-16-20-8-4-5-9-23(20)28-13-11-27(3)12-14-28/h4-10,21H,11-17H2,1-3H3,(H,26,31). The maximum absolute atomic E-state index is 12.9. The number of piperazine rings is 1. The van der Waals surface area contributed by atoms with Gasteiger partial charge >= 0.3 is 0 Å². The number of nitrogens with zero attached hydrogens (tertiary/aromatic N) is 3. The van der Waals surface area contributed by atoms with Crippen molar-refractivity contribution >= 4 is 23.2 Å². The monoisotopic (exact) mass is 420 g/mol. The predicted molar refractivity (Wildman–Crippen MR) is 124 cm³/mol. The molecule has 0 aromatic heterocycles. The van der Waals surface area contributed by atoms with E-state index < -0.39 is 0 Å². The van der Waals surface area contributed by atoms with Gasteiger partial charge in [-0.25, -0.2) is 0 Å². The molecule has 6 nitrogen and oxygen atoms in total. The first-order valence-corrected chi connectivity index (χ1v) is 11.1. The number of hydrogen-bond acceptors (Lipinski definition) is 4. The molecule has 2 heterocycles. The topological polar surface area (TPSA) is 55.9 Å². The molecule has 2 aromatic carbocycles. The molecule has 1 N–H and O–H groups in total. The first-order valence-electron chi connectivity index (χ1n) is 11.1. The molecule has 31 heavy (non-hydrogen) atoms. The van der Waals surface area contributed by atoms with Gasteiger partial charge in [-0.15, -0.1) is 0 Å². The van der Waals surface area contributed by atoms with Gasteiger partial charge < -0.3 is 20.0 Å². The Morgan fingerprint density at radius 3 is 2.48 bits per heavy atom. The van der Waals surface area contributed by atoms with Crippen LogP contribution in [0.15, 0.2) is 42.5 Å². The van der Waals surface area contributed by atoms with Crippen molar-refractivity contribution in [2.75, 3.05) is 49.6 Å². The first-order chi connectivity index (χ1) is 14.9. The van der Waals surface area contributed by atoms with Crippen molar-refractivity contribution < 1.29 is 9.59 Å². The quantitative estimate of drug-likeness (QED) is 0.808. The van der Waals surface area contributed by atoms with Crippen LogP contribution in [-0.2, 0) is 16.1 Å². The number of rotatable bonds is 5. The Kier molecular flexibility index (Phi) is 6.28. The van der Waals surface area contributed by atoms with Crippen LogP contribution in [0.4, 0.5) is 11.4 Å². The Balaban J connectivity index is 1.40. The zero-order valence-electron chi connectivity index (χ0n) is 18.7. The Morgan fingerprint density at radius 2 is 1.71 bits per heavy atom. The molecule has 164 valence electrons. The van der Waals surface area contributed by atoms with Gasteiger partial charge in [-0.3, -0.25) is 9.59 Å². The summed E-state index contributed by atoms with van der Waals surface area (Å²) in [5, 5.41) is 3.09. The van der Waals surface area contributed by atoms with Gasteiger partial charge in [-0.05, 0) is 49.7 Å². The molecule has 0 radical (unpaired) electrons. The van der Waals surface area contributed by atoms with Crippen LogP contribution in [0.2, 0.25) is 0 Å². The minimum Gasteiger partial charge on any atom is -0.369 e. The van der Waals surface area contributed by atoms with E-state index in [1.54, 1.807) is 4.90 Å². The third-order valence-electron chi connectivity index (χ3n) is 6.65. The maximum Gasteiger partial charge on any atom is 0.227 e. The summed E-state index contributed by atoms with van der Waals surface area (Å²) < 4.78 is 0. The minimum absolute atomic E-state index is 0.0201. The van der Waals surface area contributed by atoms with Crippen LogP contribution in [0.3, 0.4) is 0 Å². The van der Waals surface area contributed by atoms with Crippen molar-refractivity contribution in [3.8, 4) is 0 Å². The van der Waals surface area contributed by atoms with Crippen LogP contribution in [0.1, 0.15) is 23.1 Å². The van der Waals surface area contributed by atoms with E-state index in [4.69, 9.17) is 0 Å². The van der Waals surface area contributed by atoms with Gasteiger partial charge in [0, 0.05) is 57.1 Å². The Labute approximate surface area is 184 Å². The van der Waals surface area contributed by atoms with Gasteiger partial charge in [0.1, 0.15) is 0 Å². The fourth-order valence-corrected chi connectivity index (χ4v) is 4.49. The van der Waals surface area contributed by atoms with Gasteiger partial charge in [0.25, 0.3) is 0 Å². The number of anilines is 2. The van der Waals surface area contributed by atoms with Crippen LogP contribution in [-0.4, -0.2) is 56.5 Å². The molecule has 2 aliphatic rings. The maximum atomic E-state index is 12.9. The summed E-state index contributed by atoms with van der Waals surface area (Å²) in [5.74, 6) is -0.343. The van der Waals surface area contributed by atoms with E-state index in [9.17, 15) is 9.59 Å². The van der Waals surface area contributed by atoms with Crippen molar-refractivity contribution in [1.29, 1.82) is 0 Å². The Bertz CT molecular complexity index is 966. The van der Waals surface area contributed by atoms with E-state index in [0.717, 1.165) is 48.6 Å². The van der Waals surface area contributed by atoms with Gasteiger partial charge in [0.05, 0.1) is 5.92 Å². The summed E-state index contributed by atoms with van der Waals surface area (Å²) in [6, 6.07) is 14.3. The number of amides is 2. The van der Waals surface area contributed by atoms with Gasteiger partial charge in [0.15, 0.2) is 0 Å². The smallest absolute Gasteiger partial charge is 0.227 e. The van der Waals surface area contributed by atoms with Crippen molar-refractivity contribution in [3.05, 3.63) is 59.2 Å². The average molecular weight is 421 g/mol. The van der Waals surface area contributed by atoms with E-state index in [0.29, 0.717) is 13.1 Å². The first kappa shape index (κ1) is 21.4. The lowest BCUT2D eigenvalue weighted by Gasteiger charge is -2.35. The highest BCUT2D eigenvalue weighted by atomic mass is 16.2. The van der Waals surface area contributed by atoms with Crippen LogP contribution in [0.5, 0.6) is 0 Å². The molecule has 0 spiro atoms. The van der Waals surface area contributed by atoms with Crippen molar-refractivity contribution in [2.45, 2.75) is 26.8 Å². The Morgan fingerprint density at radius 1 is 1.00 bits per heavy atom. The lowest BCUT2D eigenvalue weighted by molar-refractivity contribution is -0.126. The number of carbonyl (C=O) groups is 2. The van der Waals surface area contributed by atoms with Gasteiger partial charge in [-0.2, -0.15) is 0 Å². The molecule has 0 aliphatic carbocycles. The molecule has 1 atom stereocenters. The highest BCUT2D eigenvalue weighted by Gasteiger charge is 2.35. The molecule has 0 bridgehead atoms. The molecular formula is C25H32N4O2. The lowest BCUT2D eigenvalue weighted by Crippen LogP contribution is -2.45. The molecule has 0 saturated carbocycles. The van der Waals surface area contributed by atoms with Crippen LogP contribution in [0, 0.1) is 19.8 Å². The van der Waals surface area contributed by atoms with Gasteiger partial charge in [0.2, 0.25) is 11.8 Å². The van der Waals surface area contributed by atoms with E-state index in [2.05, 4.69) is 40.4 Å². The average Bonchev–Trinajstić information content (AvgIpc) is 3.16. The summed E-state index contributed by atoms with van der Waals surface area (Å²) in [6.45, 7) is 9.05. The number of aryl methyl sites for hydroxylation is 1. The predicted octanol–water partition coefficient (Wildman–Crippen LogP) is 2.72. The van der Waals surface area contributed by atoms with E-state index in [-0.39, 0.29) is 24.2 Å². The molecule has 2 saturated heterocycles. The molecule has 6 heteroatoms. The summed E-state index contributed by atoms with van der Waals surface area (Å²) in [4.78, 5) is 32.1. The fourth-order valence-electron chi connectivity index (χ4n) is 4.49. The molecule has 2 aliphatic heterocycles. The second-order valence-corrected chi connectivity index (χ2v) is 8.76. The molecule has 2 aromatic rings. The summed E-state index contributed by atoms with van der Waals surface area (Å²) in [6.07, 6.45) is 0.263. The lowest BCUT2D eigenvalue weighted by atomic mass is 10.1. The molecule has 2 fully saturated rings. The second kappa shape index (κ2) is 9.10. The molecule has 1 unspecified atom stereocenters. The normalized spacial score (nSPS) is 19.7. The van der Waals surface area contributed by atoms with Crippen LogP contribution in [0.25, 0.3) is 0 Å². The van der Waals surface area contributed by atoms with Crippen molar-refractivity contribution in [3.63, 3.8) is 0 Å². The third kappa shape index (κ3) is 4.59. The van der Waals surface area contributed by atoms with Crippen LogP contribution >= 0.6 is 0 Å². The largest absolute Gasteiger partial charge is 0.369 e. The highest BCUT2D eigenvalue weighted by Crippen LogP contribution is 2.29. The number of hydrogen-bond donors (Lipinski definition) is 1.